The zero-order valence-electron chi connectivity index (χ0n) is 77.2. The summed E-state index contributed by atoms with van der Waals surface area (Å²) < 4.78 is 85.1. The summed E-state index contributed by atoms with van der Waals surface area (Å²) in [4.78, 5) is 5.00. The van der Waals surface area contributed by atoms with Gasteiger partial charge < -0.3 is 28.1 Å². The molecule has 0 fully saturated rings. The molecule has 21 rings (SSSR count). The Morgan fingerprint density at radius 2 is 0.615 bits per heavy atom. The molecule has 15 aromatic carbocycles. The molecule has 6 nitrogen and oxygen atoms in total. The number of para-hydroxylation sites is 5. The highest BCUT2D eigenvalue weighted by molar-refractivity contribution is 6.19. The fourth-order valence-corrected chi connectivity index (χ4v) is 19.0. The molecule has 0 N–H and O–H groups in total. The molecule has 0 aliphatic carbocycles. The lowest BCUT2D eigenvalue weighted by molar-refractivity contribution is 0.589. The predicted octanol–water partition coefficient (Wildman–Crippen LogP) is 30.6. The second-order valence-corrected chi connectivity index (χ2v) is 37.7. The van der Waals surface area contributed by atoms with Crippen molar-refractivity contribution >= 4 is 121 Å². The fraction of sp³-hybridized carbons (Fsp3) is 0.189. The van der Waals surface area contributed by atoms with Crippen LogP contribution >= 0.6 is 0 Å². The first-order chi connectivity index (χ1) is 59.5. The van der Waals surface area contributed by atoms with Crippen LogP contribution < -0.4 is 9.80 Å². The van der Waals surface area contributed by atoms with Gasteiger partial charge in [0.2, 0.25) is 0 Å². The maximum atomic E-state index is 9.88. The Hall–Kier alpha value is -12.9. The topological polar surface area (TPSA) is 26.2 Å². The molecule has 4 aromatic heterocycles. The van der Waals surface area contributed by atoms with Gasteiger partial charge in [-0.1, -0.05) is 280 Å². The third-order valence-corrected chi connectivity index (χ3v) is 25.1. The molecule has 0 saturated heterocycles. The van der Waals surface area contributed by atoms with Crippen molar-refractivity contribution in [3.05, 3.63) is 360 Å². The molecule has 0 spiro atoms. The summed E-state index contributed by atoms with van der Waals surface area (Å²) in [5, 5.41) is 6.96. The maximum absolute atomic E-state index is 9.88. The van der Waals surface area contributed by atoms with Gasteiger partial charge >= 0.3 is 0 Å². The Balaban J connectivity index is 0.924. The molecule has 1 atom stereocenters. The van der Waals surface area contributed by atoms with Gasteiger partial charge in [-0.15, -0.1) is 0 Å². The smallest absolute Gasteiger partial charge is 0.0783 e. The lowest BCUT2D eigenvalue weighted by Crippen LogP contribution is -2.30. The summed E-state index contributed by atoms with van der Waals surface area (Å²) in [5.41, 5.74) is 27.6. The van der Waals surface area contributed by atoms with Gasteiger partial charge in [0.15, 0.2) is 0 Å². The molecule has 0 radical (unpaired) electrons. The Morgan fingerprint density at radius 3 is 1.06 bits per heavy atom. The molecule has 0 bridgehead atoms. The molecule has 117 heavy (non-hydrogen) atoms. The van der Waals surface area contributed by atoms with Crippen LogP contribution in [0.2, 0.25) is 0 Å². The maximum Gasteiger partial charge on any atom is 0.0783 e. The quantitative estimate of drug-likeness (QED) is 0.152. The van der Waals surface area contributed by atoms with Crippen LogP contribution in [-0.2, 0) is 27.1 Å². The number of rotatable bonds is 8. The number of benzene rings is 15. The van der Waals surface area contributed by atoms with E-state index in [1.807, 2.05) is 18.2 Å². The van der Waals surface area contributed by atoms with E-state index in [2.05, 4.69) is 376 Å². The van der Waals surface area contributed by atoms with E-state index in [4.69, 9.17) is 2.74 Å². The van der Waals surface area contributed by atoms with Gasteiger partial charge in [0.05, 0.1) is 89.2 Å². The van der Waals surface area contributed by atoms with Crippen LogP contribution in [0.1, 0.15) is 165 Å². The van der Waals surface area contributed by atoms with Crippen molar-refractivity contribution < 1.29 is 11.0 Å². The molecule has 19 aromatic rings. The van der Waals surface area contributed by atoms with Crippen molar-refractivity contribution in [1.82, 2.24) is 18.3 Å². The van der Waals surface area contributed by atoms with E-state index >= 15 is 0 Å². The van der Waals surface area contributed by atoms with Gasteiger partial charge in [0, 0.05) is 77.3 Å². The summed E-state index contributed by atoms with van der Waals surface area (Å²) >= 11 is 0. The standard InChI is InChI=1S/C111H98N6/c1-107(2,3)72-45-53-93-87(60-72)88-61-73(108(4,5)6)46-54-94(88)113(93)79-50-52-86-100(67-79)117(98-44-30-40-84-83-39-29-43-97(105(83)115(106(84)98)77-35-23-18-24-36-77)116-95-55-47-74(109(7,8)9)62-89(95)90-63-75(110(10,11)12)48-56-96(90)116)102-65-76(111(13,14)15)64-101-104(102)103(86)85-51-49-78(112-91-41-27-25-37-81(91)82-38-26-28-42-92(82)112)66-99(85)114(101)80-58-70(68-31-19-16-20-32-68)57-71(59-80)69-33-21-17-22-34-69/h16-67,103H,1-15H3/i25D,26D,27D,28D,37D,38D,41D,42D. The number of nitrogens with zero attached hydrogens (tertiary/aromatic N) is 6. The normalized spacial score (nSPS) is 14.9. The number of hydrogen-bond donors (Lipinski definition) is 0. The fourth-order valence-electron chi connectivity index (χ4n) is 19.0. The van der Waals surface area contributed by atoms with Crippen LogP contribution in [0.4, 0.5) is 34.1 Å². The van der Waals surface area contributed by atoms with E-state index in [0.29, 0.717) is 5.69 Å². The highest BCUT2D eigenvalue weighted by Gasteiger charge is 2.44. The minimum absolute atomic E-state index is 0.0127. The zero-order valence-corrected chi connectivity index (χ0v) is 69.2. The Kier molecular flexibility index (Phi) is 14.0. The number of aromatic nitrogens is 4. The van der Waals surface area contributed by atoms with Crippen LogP contribution in [0.15, 0.2) is 315 Å². The monoisotopic (exact) mass is 1520 g/mol. The SMILES string of the molecule is [2H]c1c([2H])c([2H])c2c(c1[2H])c1c([2H])c([2H])c([2H])c([2H])c1n2-c1ccc2c(c1)N(c1cc(-c3ccccc3)cc(-c3ccccc3)c1)c1cc(C(C)(C)C)cc3c1C2c1ccc(-n2c4ccc(C(C)(C)C)cc4c4cc(C(C)(C)C)ccc42)cc1N3c1cccc2c3cccc(-n4c5ccc(C(C)(C)C)cc5c5cc(C(C)(C)C)ccc54)c3n(-c3ccccc3)c12. The third-order valence-electron chi connectivity index (χ3n) is 25.1. The van der Waals surface area contributed by atoms with E-state index in [1.165, 1.54) is 43.8 Å². The highest BCUT2D eigenvalue weighted by atomic mass is 15.2. The molecule has 0 amide bonds. The van der Waals surface area contributed by atoms with Crippen molar-refractivity contribution in [2.24, 2.45) is 0 Å². The van der Waals surface area contributed by atoms with Crippen molar-refractivity contribution in [3.63, 3.8) is 0 Å². The van der Waals surface area contributed by atoms with E-state index in [-0.39, 0.29) is 55.6 Å². The number of hydrogen-bond acceptors (Lipinski definition) is 2. The van der Waals surface area contributed by atoms with E-state index in [9.17, 15) is 8.22 Å². The van der Waals surface area contributed by atoms with Crippen LogP contribution in [0.25, 0.3) is 132 Å². The van der Waals surface area contributed by atoms with Crippen LogP contribution in [0, 0.1) is 0 Å². The van der Waals surface area contributed by atoms with Gasteiger partial charge in [-0.2, -0.15) is 0 Å². The second-order valence-electron chi connectivity index (χ2n) is 37.7. The average Bonchev–Trinajstić information content (AvgIpc) is 1.52. The average molecular weight is 1520 g/mol. The Bertz CT molecular complexity index is 7570. The minimum atomic E-state index is -0.506. The largest absolute Gasteiger partial charge is 0.310 e. The summed E-state index contributed by atoms with van der Waals surface area (Å²) in [6.07, 6.45) is 0. The van der Waals surface area contributed by atoms with E-state index in [1.54, 1.807) is 4.57 Å². The molecule has 572 valence electrons. The van der Waals surface area contributed by atoms with Gasteiger partial charge in [0.1, 0.15) is 0 Å². The van der Waals surface area contributed by atoms with E-state index in [0.717, 1.165) is 140 Å². The number of fused-ring (bicyclic) bond motifs is 16. The van der Waals surface area contributed by atoms with Gasteiger partial charge in [-0.05, 0) is 228 Å². The second kappa shape index (κ2) is 25.8. The molecular formula is C111H98N6. The lowest BCUT2D eigenvalue weighted by Gasteiger charge is -2.46. The van der Waals surface area contributed by atoms with Crippen LogP contribution in [-0.4, -0.2) is 18.3 Å². The first-order valence-corrected chi connectivity index (χ1v) is 41.2. The third kappa shape index (κ3) is 11.3. The Morgan fingerprint density at radius 1 is 0.231 bits per heavy atom. The van der Waals surface area contributed by atoms with E-state index < -0.39 is 47.6 Å². The van der Waals surface area contributed by atoms with Crippen molar-refractivity contribution in [1.29, 1.82) is 0 Å². The van der Waals surface area contributed by atoms with Crippen molar-refractivity contribution in [2.75, 3.05) is 9.80 Å². The van der Waals surface area contributed by atoms with Crippen LogP contribution in [0.3, 0.4) is 0 Å². The molecule has 0 saturated carbocycles. The molecular weight excluding hydrogens is 1420 g/mol. The highest BCUT2D eigenvalue weighted by Crippen LogP contribution is 2.63. The molecule has 2 aliphatic heterocycles. The van der Waals surface area contributed by atoms with Gasteiger partial charge in [-0.3, -0.25) is 0 Å². The summed E-state index contributed by atoms with van der Waals surface area (Å²) in [5.74, 6) is -0.506. The summed E-state index contributed by atoms with van der Waals surface area (Å²) in [6, 6.07) is 95.6. The molecule has 6 heteroatoms. The van der Waals surface area contributed by atoms with Crippen molar-refractivity contribution in [2.45, 2.75) is 137 Å². The van der Waals surface area contributed by atoms with Gasteiger partial charge in [-0.25, -0.2) is 0 Å². The Labute approximate surface area is 698 Å². The molecule has 6 heterocycles. The number of anilines is 6. The first kappa shape index (κ1) is 63.4. The first-order valence-electron chi connectivity index (χ1n) is 45.2. The summed E-state index contributed by atoms with van der Waals surface area (Å²) in [6.45, 7) is 34.4. The van der Waals surface area contributed by atoms with Crippen LogP contribution in [0.5, 0.6) is 0 Å². The summed E-state index contributed by atoms with van der Waals surface area (Å²) in [7, 11) is 0. The zero-order chi connectivity index (χ0) is 87.2. The molecule has 1 unspecified atom stereocenters. The molecule has 2 aliphatic rings. The van der Waals surface area contributed by atoms with Gasteiger partial charge in [0.25, 0.3) is 0 Å². The predicted molar refractivity (Wildman–Crippen MR) is 498 cm³/mol. The minimum Gasteiger partial charge on any atom is -0.310 e. The lowest BCUT2D eigenvalue weighted by atomic mass is 9.73. The van der Waals surface area contributed by atoms with Crippen molar-refractivity contribution in [3.8, 4) is 45.0 Å².